The van der Waals surface area contributed by atoms with Crippen molar-refractivity contribution in [2.45, 2.75) is 39.5 Å². The maximum absolute atomic E-state index is 4.48. The second-order valence-electron chi connectivity index (χ2n) is 7.76. The summed E-state index contributed by atoms with van der Waals surface area (Å²) in [5.41, 5.74) is 0. The number of hydrogen-bond acceptors (Lipinski definition) is 3. The molecule has 0 aromatic heterocycles. The van der Waals surface area contributed by atoms with Gasteiger partial charge in [-0.3, -0.25) is 9.89 Å². The lowest BCUT2D eigenvalue weighted by atomic mass is 9.83. The van der Waals surface area contributed by atoms with Gasteiger partial charge in [0.25, 0.3) is 0 Å². The number of piperazine rings is 1. The topological polar surface area (TPSA) is 34.1 Å². The van der Waals surface area contributed by atoms with Crippen molar-refractivity contribution in [3.8, 4) is 0 Å². The zero-order valence-electron chi connectivity index (χ0n) is 16.4. The van der Waals surface area contributed by atoms with Gasteiger partial charge in [0.15, 0.2) is 5.96 Å². The Labute approximate surface area is 149 Å². The molecule has 0 radical (unpaired) electrons. The lowest BCUT2D eigenvalue weighted by molar-refractivity contribution is 0.139. The molecule has 2 fully saturated rings. The fraction of sp³-hybridized carbons (Fsp3) is 0.947. The Morgan fingerprint density at radius 2 is 1.71 bits per heavy atom. The monoisotopic (exact) mass is 337 g/mol. The molecule has 1 aliphatic carbocycles. The minimum absolute atomic E-state index is 0.840. The average molecular weight is 338 g/mol. The van der Waals surface area contributed by atoms with Gasteiger partial charge in [0.05, 0.1) is 0 Å². The first kappa shape index (κ1) is 19.5. The van der Waals surface area contributed by atoms with Crippen LogP contribution in [0.15, 0.2) is 4.99 Å². The number of hydrogen-bond donors (Lipinski definition) is 1. The molecule has 1 N–H and O–H groups in total. The van der Waals surface area contributed by atoms with E-state index in [0.29, 0.717) is 0 Å². The summed E-state index contributed by atoms with van der Waals surface area (Å²) in [7, 11) is 4.09. The van der Waals surface area contributed by atoms with Crippen LogP contribution in [0.3, 0.4) is 0 Å². The molecule has 24 heavy (non-hydrogen) atoms. The van der Waals surface area contributed by atoms with E-state index in [1.807, 2.05) is 7.05 Å². The smallest absolute Gasteiger partial charge is 0.193 e. The SMILES string of the molecule is CCN1CCN(CCNC(=NC)N(C)CC2CCC(C)CC2)CC1. The molecule has 5 nitrogen and oxygen atoms in total. The van der Waals surface area contributed by atoms with Gasteiger partial charge in [-0.05, 0) is 31.2 Å². The third-order valence-corrected chi connectivity index (χ3v) is 5.86. The van der Waals surface area contributed by atoms with E-state index < -0.39 is 0 Å². The summed E-state index contributed by atoms with van der Waals surface area (Å²) in [4.78, 5) is 11.9. The van der Waals surface area contributed by atoms with Crippen molar-refractivity contribution >= 4 is 5.96 Å². The third-order valence-electron chi connectivity index (χ3n) is 5.86. The summed E-state index contributed by atoms with van der Waals surface area (Å²) >= 11 is 0. The second kappa shape index (κ2) is 10.2. The molecular formula is C19H39N5. The lowest BCUT2D eigenvalue weighted by Gasteiger charge is -2.34. The van der Waals surface area contributed by atoms with E-state index in [-0.39, 0.29) is 0 Å². The van der Waals surface area contributed by atoms with E-state index in [9.17, 15) is 0 Å². The summed E-state index contributed by atoms with van der Waals surface area (Å²) < 4.78 is 0. The number of likely N-dealkylation sites (N-methyl/N-ethyl adjacent to an activating group) is 1. The first-order valence-electron chi connectivity index (χ1n) is 9.98. The van der Waals surface area contributed by atoms with Gasteiger partial charge in [-0.1, -0.05) is 26.7 Å². The third kappa shape index (κ3) is 6.25. The molecule has 1 aliphatic heterocycles. The highest BCUT2D eigenvalue weighted by atomic mass is 15.3. The van der Waals surface area contributed by atoms with Crippen molar-refractivity contribution in [3.63, 3.8) is 0 Å². The number of guanidine groups is 1. The highest BCUT2D eigenvalue weighted by molar-refractivity contribution is 5.79. The molecule has 5 heteroatoms. The Bertz CT molecular complexity index is 368. The summed E-state index contributed by atoms with van der Waals surface area (Å²) in [6, 6.07) is 0. The Balaban J connectivity index is 1.64. The van der Waals surface area contributed by atoms with Crippen molar-refractivity contribution < 1.29 is 0 Å². The van der Waals surface area contributed by atoms with Gasteiger partial charge in [-0.15, -0.1) is 0 Å². The second-order valence-corrected chi connectivity index (χ2v) is 7.76. The predicted molar refractivity (Wildman–Crippen MR) is 104 cm³/mol. The molecule has 0 unspecified atom stereocenters. The zero-order valence-corrected chi connectivity index (χ0v) is 16.4. The van der Waals surface area contributed by atoms with Crippen LogP contribution in [0.2, 0.25) is 0 Å². The summed E-state index contributed by atoms with van der Waals surface area (Å²) in [5.74, 6) is 2.82. The quantitative estimate of drug-likeness (QED) is 0.593. The summed E-state index contributed by atoms with van der Waals surface area (Å²) in [6.45, 7) is 13.9. The van der Waals surface area contributed by atoms with E-state index in [1.54, 1.807) is 0 Å². The molecule has 2 aliphatic rings. The molecule has 1 saturated heterocycles. The van der Waals surface area contributed by atoms with Crippen molar-refractivity contribution in [3.05, 3.63) is 0 Å². The molecule has 0 aromatic carbocycles. The van der Waals surface area contributed by atoms with Crippen LogP contribution < -0.4 is 5.32 Å². The normalized spacial score (nSPS) is 27.2. The molecule has 0 atom stereocenters. The fourth-order valence-corrected chi connectivity index (χ4v) is 4.03. The first-order valence-corrected chi connectivity index (χ1v) is 9.98. The van der Waals surface area contributed by atoms with Crippen molar-refractivity contribution in [1.29, 1.82) is 0 Å². The minimum atomic E-state index is 0.840. The van der Waals surface area contributed by atoms with Crippen LogP contribution in [0.25, 0.3) is 0 Å². The summed E-state index contributed by atoms with van der Waals surface area (Å²) in [6.07, 6.45) is 5.55. The van der Waals surface area contributed by atoms with E-state index in [2.05, 4.69) is 45.9 Å². The first-order chi connectivity index (χ1) is 11.6. The van der Waals surface area contributed by atoms with Gasteiger partial charge >= 0.3 is 0 Å². The molecular weight excluding hydrogens is 298 g/mol. The Kier molecular flexibility index (Phi) is 8.33. The van der Waals surface area contributed by atoms with Gasteiger partial charge in [-0.25, -0.2) is 0 Å². The van der Waals surface area contributed by atoms with Crippen LogP contribution in [0, 0.1) is 11.8 Å². The standard InChI is InChI=1S/C19H39N5/c1-5-23-12-14-24(15-13-23)11-10-21-19(20-3)22(4)16-18-8-6-17(2)7-9-18/h17-18H,5-16H2,1-4H3,(H,20,21). The number of rotatable bonds is 6. The molecule has 1 heterocycles. The molecule has 0 bridgehead atoms. The van der Waals surface area contributed by atoms with Crippen molar-refractivity contribution in [2.75, 3.05) is 66.5 Å². The van der Waals surface area contributed by atoms with Crippen LogP contribution >= 0.6 is 0 Å². The highest BCUT2D eigenvalue weighted by Gasteiger charge is 2.21. The average Bonchev–Trinajstić information content (AvgIpc) is 2.61. The van der Waals surface area contributed by atoms with Gasteiger partial charge in [0.1, 0.15) is 0 Å². The molecule has 140 valence electrons. The van der Waals surface area contributed by atoms with Crippen molar-refractivity contribution in [2.24, 2.45) is 16.8 Å². The van der Waals surface area contributed by atoms with E-state index in [0.717, 1.165) is 37.4 Å². The Morgan fingerprint density at radius 1 is 1.08 bits per heavy atom. The predicted octanol–water partition coefficient (Wildman–Crippen LogP) is 1.96. The molecule has 0 amide bonds. The Morgan fingerprint density at radius 3 is 2.29 bits per heavy atom. The zero-order chi connectivity index (χ0) is 17.4. The van der Waals surface area contributed by atoms with Gasteiger partial charge < -0.3 is 15.1 Å². The molecule has 0 spiro atoms. The van der Waals surface area contributed by atoms with Gasteiger partial charge in [-0.2, -0.15) is 0 Å². The van der Waals surface area contributed by atoms with Crippen LogP contribution in [-0.2, 0) is 0 Å². The van der Waals surface area contributed by atoms with Gasteiger partial charge in [0.2, 0.25) is 0 Å². The summed E-state index contributed by atoms with van der Waals surface area (Å²) in [5, 5.41) is 3.56. The number of aliphatic imine (C=N–C) groups is 1. The van der Waals surface area contributed by atoms with Crippen LogP contribution in [0.5, 0.6) is 0 Å². The van der Waals surface area contributed by atoms with Crippen LogP contribution in [-0.4, -0.2) is 87.1 Å². The van der Waals surface area contributed by atoms with Crippen LogP contribution in [0.1, 0.15) is 39.5 Å². The van der Waals surface area contributed by atoms with Crippen molar-refractivity contribution in [1.82, 2.24) is 20.0 Å². The molecule has 0 aromatic rings. The largest absolute Gasteiger partial charge is 0.355 e. The molecule has 1 saturated carbocycles. The number of nitrogens with zero attached hydrogens (tertiary/aromatic N) is 4. The van der Waals surface area contributed by atoms with E-state index >= 15 is 0 Å². The lowest BCUT2D eigenvalue weighted by Crippen LogP contribution is -2.49. The molecule has 2 rings (SSSR count). The van der Waals surface area contributed by atoms with E-state index in [4.69, 9.17) is 0 Å². The van der Waals surface area contributed by atoms with E-state index in [1.165, 1.54) is 58.4 Å². The maximum Gasteiger partial charge on any atom is 0.193 e. The Hall–Kier alpha value is -0.810. The highest BCUT2D eigenvalue weighted by Crippen LogP contribution is 2.28. The number of nitrogens with one attached hydrogen (secondary N) is 1. The van der Waals surface area contributed by atoms with Gasteiger partial charge in [0, 0.05) is 59.9 Å². The fourth-order valence-electron chi connectivity index (χ4n) is 4.03. The maximum atomic E-state index is 4.48. The minimum Gasteiger partial charge on any atom is -0.355 e. The van der Waals surface area contributed by atoms with Crippen LogP contribution in [0.4, 0.5) is 0 Å².